The predicted octanol–water partition coefficient (Wildman–Crippen LogP) is 2.04. The highest BCUT2D eigenvalue weighted by Gasteiger charge is 2.41. The molecule has 1 aromatic heterocycles. The van der Waals surface area contributed by atoms with Crippen molar-refractivity contribution < 1.29 is 9.90 Å². The molecule has 0 amide bonds. The molecule has 0 radical (unpaired) electrons. The standard InChI is InChI=1S/C12H19N3O2S/c1-8(2)6-9-13-11(18-14-9)15-5-4-12(3,7-15)10(16)17/h8H,4-7H2,1-3H3,(H,16,17). The van der Waals surface area contributed by atoms with E-state index in [2.05, 4.69) is 23.2 Å². The third-order valence-corrected chi connectivity index (χ3v) is 4.12. The number of aromatic nitrogens is 2. The van der Waals surface area contributed by atoms with Crippen LogP contribution in [0, 0.1) is 11.3 Å². The SMILES string of the molecule is CC(C)Cc1nsc(N2CCC(C)(C(=O)O)C2)n1. The molecule has 1 atom stereocenters. The van der Waals surface area contributed by atoms with Gasteiger partial charge in [0.05, 0.1) is 5.41 Å². The summed E-state index contributed by atoms with van der Waals surface area (Å²) in [5, 5.41) is 10.1. The number of nitrogens with zero attached hydrogens (tertiary/aromatic N) is 3. The second kappa shape index (κ2) is 4.84. The number of carbonyl (C=O) groups is 1. The Bertz CT molecular complexity index is 446. The smallest absolute Gasteiger partial charge is 0.311 e. The van der Waals surface area contributed by atoms with Crippen LogP contribution in [-0.2, 0) is 11.2 Å². The van der Waals surface area contributed by atoms with Crippen LogP contribution < -0.4 is 4.90 Å². The van der Waals surface area contributed by atoms with Crippen LogP contribution in [0.15, 0.2) is 0 Å². The minimum absolute atomic E-state index is 0.526. The average molecular weight is 269 g/mol. The summed E-state index contributed by atoms with van der Waals surface area (Å²) >= 11 is 1.37. The van der Waals surface area contributed by atoms with Gasteiger partial charge in [0.1, 0.15) is 5.82 Å². The molecule has 1 aliphatic heterocycles. The lowest BCUT2D eigenvalue weighted by molar-refractivity contribution is -0.146. The summed E-state index contributed by atoms with van der Waals surface area (Å²) in [5.74, 6) is 0.682. The Morgan fingerprint density at radius 1 is 1.61 bits per heavy atom. The maximum atomic E-state index is 11.2. The van der Waals surface area contributed by atoms with E-state index in [0.717, 1.165) is 23.9 Å². The molecule has 1 aliphatic rings. The summed E-state index contributed by atoms with van der Waals surface area (Å²) in [6.07, 6.45) is 1.54. The summed E-state index contributed by atoms with van der Waals surface area (Å²) in [7, 11) is 0. The number of carboxylic acids is 1. The van der Waals surface area contributed by atoms with E-state index in [0.29, 0.717) is 18.9 Å². The second-order valence-electron chi connectivity index (χ2n) is 5.63. The second-order valence-corrected chi connectivity index (χ2v) is 6.36. The molecule has 100 valence electrons. The molecular weight excluding hydrogens is 250 g/mol. The Balaban J connectivity index is 2.05. The first-order valence-electron chi connectivity index (χ1n) is 6.21. The number of carboxylic acid groups (broad SMARTS) is 1. The third-order valence-electron chi connectivity index (χ3n) is 3.31. The first-order valence-corrected chi connectivity index (χ1v) is 6.99. The van der Waals surface area contributed by atoms with Crippen LogP contribution >= 0.6 is 11.5 Å². The molecule has 1 fully saturated rings. The Kier molecular flexibility index (Phi) is 3.56. The highest BCUT2D eigenvalue weighted by atomic mass is 32.1. The molecule has 18 heavy (non-hydrogen) atoms. The minimum Gasteiger partial charge on any atom is -0.481 e. The molecule has 2 heterocycles. The molecule has 1 saturated heterocycles. The minimum atomic E-state index is -0.725. The normalized spacial score (nSPS) is 23.9. The quantitative estimate of drug-likeness (QED) is 0.906. The van der Waals surface area contributed by atoms with Gasteiger partial charge in [-0.3, -0.25) is 4.79 Å². The lowest BCUT2D eigenvalue weighted by Gasteiger charge is -2.18. The lowest BCUT2D eigenvalue weighted by Crippen LogP contribution is -2.31. The van der Waals surface area contributed by atoms with Crippen molar-refractivity contribution in [3.8, 4) is 0 Å². The Morgan fingerprint density at radius 2 is 2.33 bits per heavy atom. The first-order chi connectivity index (χ1) is 8.40. The zero-order valence-corrected chi connectivity index (χ0v) is 11.8. The van der Waals surface area contributed by atoms with Crippen molar-refractivity contribution in [3.63, 3.8) is 0 Å². The molecule has 5 nitrogen and oxygen atoms in total. The van der Waals surface area contributed by atoms with E-state index in [1.54, 1.807) is 6.92 Å². The van der Waals surface area contributed by atoms with Crippen LogP contribution in [0.5, 0.6) is 0 Å². The molecule has 0 bridgehead atoms. The third kappa shape index (κ3) is 2.63. The van der Waals surface area contributed by atoms with Crippen molar-refractivity contribution in [1.29, 1.82) is 0 Å². The van der Waals surface area contributed by atoms with E-state index in [4.69, 9.17) is 0 Å². The fourth-order valence-corrected chi connectivity index (χ4v) is 2.84. The summed E-state index contributed by atoms with van der Waals surface area (Å²) in [5.41, 5.74) is -0.649. The van der Waals surface area contributed by atoms with Gasteiger partial charge >= 0.3 is 5.97 Å². The zero-order chi connectivity index (χ0) is 13.3. The topological polar surface area (TPSA) is 66.3 Å². The maximum Gasteiger partial charge on any atom is 0.311 e. The van der Waals surface area contributed by atoms with Crippen molar-refractivity contribution in [2.75, 3.05) is 18.0 Å². The molecule has 0 aliphatic carbocycles. The summed E-state index contributed by atoms with van der Waals surface area (Å²) in [6, 6.07) is 0. The molecule has 0 spiro atoms. The predicted molar refractivity (Wildman–Crippen MR) is 71.0 cm³/mol. The van der Waals surface area contributed by atoms with Crippen LogP contribution in [0.2, 0.25) is 0 Å². The largest absolute Gasteiger partial charge is 0.481 e. The average Bonchev–Trinajstić information content (AvgIpc) is 2.85. The van der Waals surface area contributed by atoms with Gasteiger partial charge in [-0.1, -0.05) is 13.8 Å². The van der Waals surface area contributed by atoms with E-state index in [1.165, 1.54) is 11.5 Å². The van der Waals surface area contributed by atoms with Crippen LogP contribution in [0.4, 0.5) is 5.13 Å². The van der Waals surface area contributed by atoms with Gasteiger partial charge in [0.15, 0.2) is 0 Å². The molecule has 1 unspecified atom stereocenters. The molecule has 1 N–H and O–H groups in total. The van der Waals surface area contributed by atoms with Gasteiger partial charge in [-0.2, -0.15) is 4.37 Å². The van der Waals surface area contributed by atoms with Gasteiger partial charge in [-0.05, 0) is 19.3 Å². The summed E-state index contributed by atoms with van der Waals surface area (Å²) in [6.45, 7) is 7.35. The molecule has 0 aromatic carbocycles. The highest BCUT2D eigenvalue weighted by Crippen LogP contribution is 2.34. The van der Waals surface area contributed by atoms with Crippen molar-refractivity contribution in [2.24, 2.45) is 11.3 Å². The van der Waals surface area contributed by atoms with Gasteiger partial charge in [0.25, 0.3) is 0 Å². The van der Waals surface area contributed by atoms with Crippen LogP contribution in [-0.4, -0.2) is 33.5 Å². The molecular formula is C12H19N3O2S. The van der Waals surface area contributed by atoms with Crippen molar-refractivity contribution in [3.05, 3.63) is 5.82 Å². The Labute approximate surface area is 111 Å². The number of hydrogen-bond donors (Lipinski definition) is 1. The Hall–Kier alpha value is -1.17. The van der Waals surface area contributed by atoms with E-state index in [-0.39, 0.29) is 0 Å². The van der Waals surface area contributed by atoms with Gasteiger partial charge in [0.2, 0.25) is 5.13 Å². The van der Waals surface area contributed by atoms with E-state index in [9.17, 15) is 9.90 Å². The van der Waals surface area contributed by atoms with Gasteiger partial charge in [-0.15, -0.1) is 0 Å². The van der Waals surface area contributed by atoms with Crippen LogP contribution in [0.1, 0.15) is 33.0 Å². The lowest BCUT2D eigenvalue weighted by atomic mass is 9.90. The van der Waals surface area contributed by atoms with E-state index < -0.39 is 11.4 Å². The number of rotatable bonds is 4. The van der Waals surface area contributed by atoms with Gasteiger partial charge in [0, 0.05) is 31.0 Å². The zero-order valence-electron chi connectivity index (χ0n) is 11.0. The van der Waals surface area contributed by atoms with Gasteiger partial charge < -0.3 is 10.0 Å². The van der Waals surface area contributed by atoms with Crippen molar-refractivity contribution in [1.82, 2.24) is 9.36 Å². The number of hydrogen-bond acceptors (Lipinski definition) is 5. The van der Waals surface area contributed by atoms with Crippen LogP contribution in [0.3, 0.4) is 0 Å². The first kappa shape index (κ1) is 13.3. The fraction of sp³-hybridized carbons (Fsp3) is 0.750. The highest BCUT2D eigenvalue weighted by molar-refractivity contribution is 7.09. The van der Waals surface area contributed by atoms with E-state index in [1.807, 2.05) is 4.90 Å². The molecule has 2 rings (SSSR count). The number of aliphatic carboxylic acids is 1. The van der Waals surface area contributed by atoms with Crippen molar-refractivity contribution >= 4 is 22.6 Å². The molecule has 1 aromatic rings. The van der Waals surface area contributed by atoms with Gasteiger partial charge in [-0.25, -0.2) is 4.98 Å². The molecule has 0 saturated carbocycles. The maximum absolute atomic E-state index is 11.2. The van der Waals surface area contributed by atoms with Crippen molar-refractivity contribution in [2.45, 2.75) is 33.6 Å². The van der Waals surface area contributed by atoms with E-state index >= 15 is 0 Å². The number of anilines is 1. The monoisotopic (exact) mass is 269 g/mol. The Morgan fingerprint density at radius 3 is 2.89 bits per heavy atom. The fourth-order valence-electron chi connectivity index (χ4n) is 2.12. The van der Waals surface area contributed by atoms with Crippen LogP contribution in [0.25, 0.3) is 0 Å². The molecule has 6 heteroatoms. The summed E-state index contributed by atoms with van der Waals surface area (Å²) in [4.78, 5) is 17.7. The summed E-state index contributed by atoms with van der Waals surface area (Å²) < 4.78 is 4.34.